The minimum Gasteiger partial charge on any atom is -0.423 e. The molecule has 0 unspecified atom stereocenters. The Hall–Kier alpha value is -2.09. The largest absolute Gasteiger partial charge is 0.423 e. The first kappa shape index (κ1) is 16.3. The summed E-state index contributed by atoms with van der Waals surface area (Å²) in [6.07, 6.45) is 4.76. The van der Waals surface area contributed by atoms with Gasteiger partial charge in [0.2, 0.25) is 0 Å². The van der Waals surface area contributed by atoms with Crippen LogP contribution >= 0.6 is 0 Å². The highest BCUT2D eigenvalue weighted by atomic mass is 16.5. The van der Waals surface area contributed by atoms with E-state index in [9.17, 15) is 4.79 Å². The third-order valence-electron chi connectivity index (χ3n) is 3.85. The number of esters is 1. The lowest BCUT2D eigenvalue weighted by Crippen LogP contribution is -2.08. The number of carbonyl (C=O) groups excluding carboxylic acids is 1. The molecule has 2 aromatic carbocycles. The first-order valence-electron chi connectivity index (χ1n) is 8.11. The summed E-state index contributed by atoms with van der Waals surface area (Å²) in [6, 6.07) is 17.0. The van der Waals surface area contributed by atoms with Gasteiger partial charge in [-0.1, -0.05) is 57.0 Å². The number of hydrogen-bond donors (Lipinski definition) is 0. The Labute approximate surface area is 133 Å². The van der Waals surface area contributed by atoms with Gasteiger partial charge in [-0.05, 0) is 48.6 Å². The molecular weight excluding hydrogens is 272 g/mol. The standard InChI is InChI=1S/C20H24O2/c1-3-8-16(9-4-2)17-12-14-18(15-13-17)20(21)22-19-10-6-5-7-11-19/h5-7,10-16H,3-4,8-9H2,1-2H3. The normalized spacial score (nSPS) is 10.7. The van der Waals surface area contributed by atoms with Gasteiger partial charge in [0, 0.05) is 0 Å². The molecule has 22 heavy (non-hydrogen) atoms. The van der Waals surface area contributed by atoms with Gasteiger partial charge in [0.05, 0.1) is 5.56 Å². The zero-order chi connectivity index (χ0) is 15.8. The minimum atomic E-state index is -0.305. The Morgan fingerprint density at radius 3 is 2.05 bits per heavy atom. The molecule has 2 aromatic rings. The SMILES string of the molecule is CCCC(CCC)c1ccc(C(=O)Oc2ccccc2)cc1. The van der Waals surface area contributed by atoms with Gasteiger partial charge in [0.25, 0.3) is 0 Å². The monoisotopic (exact) mass is 296 g/mol. The predicted octanol–water partition coefficient (Wildman–Crippen LogP) is 5.59. The molecule has 0 aliphatic rings. The van der Waals surface area contributed by atoms with Crippen LogP contribution in [-0.2, 0) is 0 Å². The Bertz CT molecular complexity index is 566. The maximum absolute atomic E-state index is 12.1. The maximum atomic E-state index is 12.1. The molecule has 0 saturated heterocycles. The fourth-order valence-electron chi connectivity index (χ4n) is 2.72. The highest BCUT2D eigenvalue weighted by molar-refractivity contribution is 5.91. The zero-order valence-electron chi connectivity index (χ0n) is 13.4. The zero-order valence-corrected chi connectivity index (χ0v) is 13.4. The van der Waals surface area contributed by atoms with Gasteiger partial charge >= 0.3 is 5.97 Å². The van der Waals surface area contributed by atoms with E-state index in [1.807, 2.05) is 30.3 Å². The molecule has 0 fully saturated rings. The fourth-order valence-corrected chi connectivity index (χ4v) is 2.72. The summed E-state index contributed by atoms with van der Waals surface area (Å²) >= 11 is 0. The lowest BCUT2D eigenvalue weighted by atomic mass is 9.90. The van der Waals surface area contributed by atoms with Crippen LogP contribution in [0.3, 0.4) is 0 Å². The molecule has 0 atom stereocenters. The van der Waals surface area contributed by atoms with Crippen molar-refractivity contribution in [2.24, 2.45) is 0 Å². The van der Waals surface area contributed by atoms with E-state index in [0.29, 0.717) is 17.2 Å². The van der Waals surface area contributed by atoms with Crippen molar-refractivity contribution < 1.29 is 9.53 Å². The number of hydrogen-bond acceptors (Lipinski definition) is 2. The van der Waals surface area contributed by atoms with Gasteiger partial charge < -0.3 is 4.74 Å². The Kier molecular flexibility index (Phi) is 6.20. The molecule has 2 heteroatoms. The van der Waals surface area contributed by atoms with E-state index in [1.165, 1.54) is 31.2 Å². The fraction of sp³-hybridized carbons (Fsp3) is 0.350. The van der Waals surface area contributed by atoms with E-state index in [0.717, 1.165) is 0 Å². The van der Waals surface area contributed by atoms with Crippen LogP contribution in [0.2, 0.25) is 0 Å². The number of benzene rings is 2. The van der Waals surface area contributed by atoms with E-state index >= 15 is 0 Å². The van der Waals surface area contributed by atoms with E-state index in [-0.39, 0.29) is 5.97 Å². The minimum absolute atomic E-state index is 0.305. The van der Waals surface area contributed by atoms with Crippen LogP contribution < -0.4 is 4.74 Å². The highest BCUT2D eigenvalue weighted by Crippen LogP contribution is 2.26. The van der Waals surface area contributed by atoms with Gasteiger partial charge in [0.15, 0.2) is 0 Å². The molecular formula is C20H24O2. The second-order valence-corrected chi connectivity index (χ2v) is 5.60. The lowest BCUT2D eigenvalue weighted by Gasteiger charge is -2.16. The molecule has 2 rings (SSSR count). The molecule has 0 N–H and O–H groups in total. The molecule has 0 bridgehead atoms. The van der Waals surface area contributed by atoms with Gasteiger partial charge in [-0.2, -0.15) is 0 Å². The van der Waals surface area contributed by atoms with Crippen molar-refractivity contribution in [2.75, 3.05) is 0 Å². The topological polar surface area (TPSA) is 26.3 Å². The summed E-state index contributed by atoms with van der Waals surface area (Å²) in [4.78, 5) is 12.1. The number of rotatable bonds is 7. The summed E-state index contributed by atoms with van der Waals surface area (Å²) in [5, 5.41) is 0. The van der Waals surface area contributed by atoms with Crippen molar-refractivity contribution in [1.29, 1.82) is 0 Å². The Morgan fingerprint density at radius 2 is 1.50 bits per heavy atom. The summed E-state index contributed by atoms with van der Waals surface area (Å²) in [5.41, 5.74) is 1.92. The quantitative estimate of drug-likeness (QED) is 0.492. The van der Waals surface area contributed by atoms with Crippen LogP contribution in [0.1, 0.15) is 61.4 Å². The van der Waals surface area contributed by atoms with E-state index in [4.69, 9.17) is 4.74 Å². The van der Waals surface area contributed by atoms with Crippen LogP contribution in [0, 0.1) is 0 Å². The van der Waals surface area contributed by atoms with Gasteiger partial charge in [-0.25, -0.2) is 4.79 Å². The first-order valence-corrected chi connectivity index (χ1v) is 8.11. The summed E-state index contributed by atoms with van der Waals surface area (Å²) < 4.78 is 5.36. The molecule has 0 heterocycles. The average molecular weight is 296 g/mol. The first-order chi connectivity index (χ1) is 10.7. The third kappa shape index (κ3) is 4.45. The second kappa shape index (κ2) is 8.38. The van der Waals surface area contributed by atoms with Crippen molar-refractivity contribution in [1.82, 2.24) is 0 Å². The summed E-state index contributed by atoms with van der Waals surface area (Å²) in [6.45, 7) is 4.43. The number of para-hydroxylation sites is 1. The molecule has 2 nitrogen and oxygen atoms in total. The van der Waals surface area contributed by atoms with Crippen molar-refractivity contribution in [2.45, 2.75) is 45.4 Å². The average Bonchev–Trinajstić information content (AvgIpc) is 2.56. The number of carbonyl (C=O) groups is 1. The van der Waals surface area contributed by atoms with Crippen LogP contribution in [0.15, 0.2) is 54.6 Å². The van der Waals surface area contributed by atoms with Crippen molar-refractivity contribution in [3.63, 3.8) is 0 Å². The summed E-state index contributed by atoms with van der Waals surface area (Å²) in [5.74, 6) is 0.862. The molecule has 0 radical (unpaired) electrons. The van der Waals surface area contributed by atoms with Gasteiger partial charge in [-0.15, -0.1) is 0 Å². The van der Waals surface area contributed by atoms with Crippen LogP contribution in [0.5, 0.6) is 5.75 Å². The lowest BCUT2D eigenvalue weighted by molar-refractivity contribution is 0.0735. The van der Waals surface area contributed by atoms with Crippen LogP contribution in [0.4, 0.5) is 0 Å². The van der Waals surface area contributed by atoms with E-state index in [2.05, 4.69) is 26.0 Å². The molecule has 0 amide bonds. The summed E-state index contributed by atoms with van der Waals surface area (Å²) in [7, 11) is 0. The van der Waals surface area contributed by atoms with Crippen LogP contribution in [0.25, 0.3) is 0 Å². The van der Waals surface area contributed by atoms with Gasteiger partial charge in [0.1, 0.15) is 5.75 Å². The molecule has 116 valence electrons. The Balaban J connectivity index is 2.05. The molecule has 0 aliphatic carbocycles. The second-order valence-electron chi connectivity index (χ2n) is 5.60. The molecule has 0 aliphatic heterocycles. The molecule has 0 aromatic heterocycles. The number of ether oxygens (including phenoxy) is 1. The van der Waals surface area contributed by atoms with E-state index < -0.39 is 0 Å². The maximum Gasteiger partial charge on any atom is 0.343 e. The van der Waals surface area contributed by atoms with Crippen molar-refractivity contribution >= 4 is 5.97 Å². The smallest absolute Gasteiger partial charge is 0.343 e. The third-order valence-corrected chi connectivity index (χ3v) is 3.85. The van der Waals surface area contributed by atoms with Gasteiger partial charge in [-0.3, -0.25) is 0 Å². The molecule has 0 spiro atoms. The van der Waals surface area contributed by atoms with Crippen molar-refractivity contribution in [3.05, 3.63) is 65.7 Å². The highest BCUT2D eigenvalue weighted by Gasteiger charge is 2.12. The van der Waals surface area contributed by atoms with Crippen LogP contribution in [-0.4, -0.2) is 5.97 Å². The van der Waals surface area contributed by atoms with Crippen molar-refractivity contribution in [3.8, 4) is 5.75 Å². The molecule has 0 saturated carbocycles. The van der Waals surface area contributed by atoms with E-state index in [1.54, 1.807) is 12.1 Å². The predicted molar refractivity (Wildman–Crippen MR) is 90.4 cm³/mol. The Morgan fingerprint density at radius 1 is 0.909 bits per heavy atom.